The Morgan fingerprint density at radius 3 is 2.29 bits per heavy atom. The molecule has 0 aromatic carbocycles. The fourth-order valence-corrected chi connectivity index (χ4v) is 1.23. The fourth-order valence-electron chi connectivity index (χ4n) is 1.23. The quantitative estimate of drug-likeness (QED) is 0.583. The van der Waals surface area contributed by atoms with Crippen molar-refractivity contribution in [2.45, 2.75) is 46.5 Å². The highest BCUT2D eigenvalue weighted by atomic mass is 16.5. The predicted octanol–water partition coefficient (Wildman–Crippen LogP) is 2.85. The molecule has 0 aliphatic rings. The minimum Gasteiger partial charge on any atom is -0.396 e. The van der Waals surface area contributed by atoms with Gasteiger partial charge in [-0.1, -0.05) is 33.6 Å². The summed E-state index contributed by atoms with van der Waals surface area (Å²) in [4.78, 5) is 0. The maximum atomic E-state index is 8.78. The van der Waals surface area contributed by atoms with E-state index in [0.29, 0.717) is 5.92 Å². The van der Waals surface area contributed by atoms with Gasteiger partial charge in [0.15, 0.2) is 0 Å². The summed E-state index contributed by atoms with van der Waals surface area (Å²) in [6.07, 6.45) is 4.72. The average Bonchev–Trinajstić information content (AvgIpc) is 2.15. The van der Waals surface area contributed by atoms with E-state index in [9.17, 15) is 0 Å². The van der Waals surface area contributed by atoms with Gasteiger partial charge >= 0.3 is 0 Å². The lowest BCUT2D eigenvalue weighted by atomic mass is 10.1. The van der Waals surface area contributed by atoms with E-state index in [1.165, 1.54) is 19.3 Å². The van der Waals surface area contributed by atoms with Crippen LogP contribution in [-0.4, -0.2) is 24.9 Å². The molecule has 1 N–H and O–H groups in total. The van der Waals surface area contributed by atoms with Gasteiger partial charge in [0.2, 0.25) is 0 Å². The Kier molecular flexibility index (Phi) is 9.42. The molecule has 1 atom stereocenters. The summed E-state index contributed by atoms with van der Waals surface area (Å²) < 4.78 is 5.48. The molecule has 0 aliphatic heterocycles. The number of ether oxygens (including phenoxy) is 1. The minimum atomic E-state index is 0.275. The van der Waals surface area contributed by atoms with Crippen LogP contribution in [0.1, 0.15) is 46.5 Å². The van der Waals surface area contributed by atoms with Gasteiger partial charge in [0.25, 0.3) is 0 Å². The highest BCUT2D eigenvalue weighted by molar-refractivity contribution is 4.49. The zero-order chi connectivity index (χ0) is 10.8. The van der Waals surface area contributed by atoms with Crippen LogP contribution in [0.3, 0.4) is 0 Å². The summed E-state index contributed by atoms with van der Waals surface area (Å²) in [6, 6.07) is 0. The second kappa shape index (κ2) is 9.47. The van der Waals surface area contributed by atoms with Crippen molar-refractivity contribution < 1.29 is 9.84 Å². The molecule has 0 aromatic heterocycles. The first-order chi connectivity index (χ1) is 6.66. The van der Waals surface area contributed by atoms with E-state index < -0.39 is 0 Å². The lowest BCUT2D eigenvalue weighted by Crippen LogP contribution is -2.06. The van der Waals surface area contributed by atoms with E-state index >= 15 is 0 Å². The van der Waals surface area contributed by atoms with Gasteiger partial charge in [-0.25, -0.2) is 0 Å². The highest BCUT2D eigenvalue weighted by Crippen LogP contribution is 2.06. The molecule has 0 saturated carbocycles. The van der Waals surface area contributed by atoms with Gasteiger partial charge in [0, 0.05) is 19.8 Å². The first-order valence-corrected chi connectivity index (χ1v) is 5.85. The molecule has 0 bridgehead atoms. The van der Waals surface area contributed by atoms with Gasteiger partial charge in [-0.15, -0.1) is 0 Å². The molecule has 0 aliphatic carbocycles. The summed E-state index contributed by atoms with van der Waals surface area (Å²) in [6.45, 7) is 8.50. The molecule has 0 radical (unpaired) electrons. The first-order valence-electron chi connectivity index (χ1n) is 5.85. The lowest BCUT2D eigenvalue weighted by molar-refractivity contribution is 0.106. The van der Waals surface area contributed by atoms with Crippen LogP contribution in [0.15, 0.2) is 0 Å². The van der Waals surface area contributed by atoms with Crippen molar-refractivity contribution in [2.24, 2.45) is 11.8 Å². The highest BCUT2D eigenvalue weighted by Gasteiger charge is 1.99. The minimum absolute atomic E-state index is 0.275. The van der Waals surface area contributed by atoms with Crippen LogP contribution in [-0.2, 0) is 4.74 Å². The molecule has 0 saturated heterocycles. The van der Waals surface area contributed by atoms with Gasteiger partial charge < -0.3 is 9.84 Å². The second-order valence-electron chi connectivity index (χ2n) is 4.58. The Balaban J connectivity index is 2.99. The second-order valence-corrected chi connectivity index (χ2v) is 4.58. The Hall–Kier alpha value is -0.0800. The average molecular weight is 202 g/mol. The molecule has 86 valence electrons. The van der Waals surface area contributed by atoms with E-state index in [1.54, 1.807) is 0 Å². The van der Waals surface area contributed by atoms with Crippen molar-refractivity contribution in [1.29, 1.82) is 0 Å². The number of hydrogen-bond donors (Lipinski definition) is 1. The molecular formula is C12H26O2. The van der Waals surface area contributed by atoms with Crippen molar-refractivity contribution >= 4 is 0 Å². The van der Waals surface area contributed by atoms with Crippen LogP contribution >= 0.6 is 0 Å². The Bertz CT molecular complexity index is 113. The lowest BCUT2D eigenvalue weighted by Gasteiger charge is -2.08. The zero-order valence-electron chi connectivity index (χ0n) is 9.96. The van der Waals surface area contributed by atoms with Gasteiger partial charge in [-0.2, -0.15) is 0 Å². The largest absolute Gasteiger partial charge is 0.396 e. The smallest absolute Gasteiger partial charge is 0.0469 e. The molecule has 14 heavy (non-hydrogen) atoms. The number of aliphatic hydroxyl groups excluding tert-OH is 1. The number of hydrogen-bond acceptors (Lipinski definition) is 2. The summed E-state index contributed by atoms with van der Waals surface area (Å²) in [5, 5.41) is 8.78. The first kappa shape index (κ1) is 13.9. The van der Waals surface area contributed by atoms with Crippen molar-refractivity contribution in [3.05, 3.63) is 0 Å². The summed E-state index contributed by atoms with van der Waals surface area (Å²) in [5.41, 5.74) is 0. The predicted molar refractivity (Wildman–Crippen MR) is 60.4 cm³/mol. The van der Waals surface area contributed by atoms with E-state index in [4.69, 9.17) is 9.84 Å². The summed E-state index contributed by atoms with van der Waals surface area (Å²) >= 11 is 0. The van der Waals surface area contributed by atoms with Gasteiger partial charge in [-0.3, -0.25) is 0 Å². The Morgan fingerprint density at radius 1 is 1.00 bits per heavy atom. The zero-order valence-corrected chi connectivity index (χ0v) is 9.96. The van der Waals surface area contributed by atoms with E-state index in [1.807, 2.05) is 6.92 Å². The molecule has 2 nitrogen and oxygen atoms in total. The van der Waals surface area contributed by atoms with Crippen molar-refractivity contribution in [3.63, 3.8) is 0 Å². The normalized spacial score (nSPS) is 13.5. The molecule has 0 fully saturated rings. The number of unbranched alkanes of at least 4 members (excludes halogenated alkanes) is 1. The number of rotatable bonds is 9. The third kappa shape index (κ3) is 10.0. The van der Waals surface area contributed by atoms with E-state index in [0.717, 1.165) is 25.6 Å². The molecule has 2 heteroatoms. The Morgan fingerprint density at radius 2 is 1.71 bits per heavy atom. The Labute approximate surface area is 88.7 Å². The van der Waals surface area contributed by atoms with Gasteiger partial charge in [-0.05, 0) is 24.7 Å². The third-order valence-electron chi connectivity index (χ3n) is 2.39. The van der Waals surface area contributed by atoms with Crippen LogP contribution in [0.5, 0.6) is 0 Å². The van der Waals surface area contributed by atoms with E-state index in [2.05, 4.69) is 13.8 Å². The van der Waals surface area contributed by atoms with Crippen molar-refractivity contribution in [1.82, 2.24) is 0 Å². The van der Waals surface area contributed by atoms with Crippen LogP contribution in [0, 0.1) is 11.8 Å². The molecule has 0 amide bonds. The van der Waals surface area contributed by atoms with Crippen LogP contribution < -0.4 is 0 Å². The molecule has 0 heterocycles. The van der Waals surface area contributed by atoms with Crippen molar-refractivity contribution in [2.75, 3.05) is 19.8 Å². The third-order valence-corrected chi connectivity index (χ3v) is 2.39. The molecular weight excluding hydrogens is 176 g/mol. The van der Waals surface area contributed by atoms with Crippen molar-refractivity contribution in [3.8, 4) is 0 Å². The maximum absolute atomic E-state index is 8.78. The standard InChI is InChI=1S/C12H26O2/c1-11(2)6-4-5-8-14-9-7-12(3)10-13/h11-13H,4-10H2,1-3H3. The van der Waals surface area contributed by atoms with Crippen LogP contribution in [0.2, 0.25) is 0 Å². The molecule has 0 spiro atoms. The van der Waals surface area contributed by atoms with Gasteiger partial charge in [0.05, 0.1) is 0 Å². The summed E-state index contributed by atoms with van der Waals surface area (Å²) in [5.74, 6) is 1.19. The molecule has 0 rings (SSSR count). The topological polar surface area (TPSA) is 29.5 Å². The SMILES string of the molecule is CC(C)CCCCOCCC(C)CO. The van der Waals surface area contributed by atoms with E-state index in [-0.39, 0.29) is 6.61 Å². The molecule has 0 aromatic rings. The fraction of sp³-hybridized carbons (Fsp3) is 1.00. The summed E-state index contributed by atoms with van der Waals surface area (Å²) in [7, 11) is 0. The van der Waals surface area contributed by atoms with Gasteiger partial charge in [0.1, 0.15) is 0 Å². The molecule has 1 unspecified atom stereocenters. The van der Waals surface area contributed by atoms with Crippen LogP contribution in [0.25, 0.3) is 0 Å². The van der Waals surface area contributed by atoms with Crippen LogP contribution in [0.4, 0.5) is 0 Å². The monoisotopic (exact) mass is 202 g/mol. The number of aliphatic hydroxyl groups is 1. The maximum Gasteiger partial charge on any atom is 0.0469 e.